The number of nitrogens with zero attached hydrogens (tertiary/aromatic N) is 2. The lowest BCUT2D eigenvalue weighted by Gasteiger charge is -2.02. The molecule has 5 nitrogen and oxygen atoms in total. The van der Waals surface area contributed by atoms with E-state index in [1.807, 2.05) is 30.3 Å². The zero-order chi connectivity index (χ0) is 14.2. The van der Waals surface area contributed by atoms with Gasteiger partial charge in [-0.2, -0.15) is 0 Å². The highest BCUT2D eigenvalue weighted by Gasteiger charge is 2.11. The van der Waals surface area contributed by atoms with Crippen molar-refractivity contribution < 1.29 is 4.79 Å². The van der Waals surface area contributed by atoms with E-state index in [4.69, 9.17) is 0 Å². The van der Waals surface area contributed by atoms with Gasteiger partial charge < -0.3 is 10.6 Å². The van der Waals surface area contributed by atoms with E-state index in [-0.39, 0.29) is 5.91 Å². The van der Waals surface area contributed by atoms with Crippen molar-refractivity contribution in [1.29, 1.82) is 0 Å². The second-order valence-electron chi connectivity index (χ2n) is 4.33. The summed E-state index contributed by atoms with van der Waals surface area (Å²) in [7, 11) is 0. The molecule has 0 atom stereocenters. The number of carbonyl (C=O) groups is 1. The van der Waals surface area contributed by atoms with Crippen LogP contribution in [0.15, 0.2) is 30.3 Å². The smallest absolute Gasteiger partial charge is 0.282 e. The lowest BCUT2D eigenvalue weighted by atomic mass is 10.1. The van der Waals surface area contributed by atoms with E-state index in [1.54, 1.807) is 0 Å². The third-order valence-corrected chi connectivity index (χ3v) is 3.57. The Labute approximate surface area is 122 Å². The largest absolute Gasteiger partial charge is 0.360 e. The zero-order valence-electron chi connectivity index (χ0n) is 11.4. The SMILES string of the molecule is CCCNc1nnc(C(=O)NCCc2ccccc2)s1. The number of benzene rings is 1. The molecule has 0 spiro atoms. The highest BCUT2D eigenvalue weighted by atomic mass is 32.1. The Morgan fingerprint density at radius 3 is 2.75 bits per heavy atom. The average molecular weight is 290 g/mol. The topological polar surface area (TPSA) is 66.9 Å². The van der Waals surface area contributed by atoms with Gasteiger partial charge in [0.1, 0.15) is 0 Å². The molecule has 106 valence electrons. The molecule has 20 heavy (non-hydrogen) atoms. The molecule has 1 aromatic carbocycles. The van der Waals surface area contributed by atoms with Gasteiger partial charge in [0.2, 0.25) is 10.1 Å². The second kappa shape index (κ2) is 7.59. The number of amides is 1. The Balaban J connectivity index is 1.78. The van der Waals surface area contributed by atoms with Crippen LogP contribution in [-0.4, -0.2) is 29.2 Å². The summed E-state index contributed by atoms with van der Waals surface area (Å²) < 4.78 is 0. The number of carbonyl (C=O) groups excluding carboxylic acids is 1. The number of rotatable bonds is 7. The van der Waals surface area contributed by atoms with Crippen molar-refractivity contribution >= 4 is 22.4 Å². The van der Waals surface area contributed by atoms with Crippen molar-refractivity contribution in [1.82, 2.24) is 15.5 Å². The van der Waals surface area contributed by atoms with Crippen LogP contribution in [-0.2, 0) is 6.42 Å². The summed E-state index contributed by atoms with van der Waals surface area (Å²) >= 11 is 1.28. The zero-order valence-corrected chi connectivity index (χ0v) is 12.2. The molecule has 2 N–H and O–H groups in total. The molecule has 6 heteroatoms. The van der Waals surface area contributed by atoms with Gasteiger partial charge in [-0.05, 0) is 18.4 Å². The molecule has 1 heterocycles. The van der Waals surface area contributed by atoms with Crippen LogP contribution in [0, 0.1) is 0 Å². The van der Waals surface area contributed by atoms with Gasteiger partial charge in [0.25, 0.3) is 5.91 Å². The first-order chi connectivity index (χ1) is 9.79. The van der Waals surface area contributed by atoms with Crippen LogP contribution in [0.1, 0.15) is 28.7 Å². The molecule has 0 saturated heterocycles. The molecule has 0 aliphatic heterocycles. The molecule has 0 saturated carbocycles. The van der Waals surface area contributed by atoms with E-state index in [0.29, 0.717) is 16.7 Å². The lowest BCUT2D eigenvalue weighted by Crippen LogP contribution is -2.25. The Bertz CT molecular complexity index is 541. The van der Waals surface area contributed by atoms with Gasteiger partial charge in [0.15, 0.2) is 0 Å². The average Bonchev–Trinajstić information content (AvgIpc) is 2.95. The summed E-state index contributed by atoms with van der Waals surface area (Å²) in [6.45, 7) is 3.51. The van der Waals surface area contributed by atoms with Gasteiger partial charge >= 0.3 is 0 Å². The lowest BCUT2D eigenvalue weighted by molar-refractivity contribution is 0.0953. The van der Waals surface area contributed by atoms with Gasteiger partial charge in [-0.1, -0.05) is 48.6 Å². The van der Waals surface area contributed by atoms with Crippen molar-refractivity contribution in [2.45, 2.75) is 19.8 Å². The minimum Gasteiger partial charge on any atom is -0.360 e. The Morgan fingerprint density at radius 2 is 2.00 bits per heavy atom. The molecule has 1 amide bonds. The van der Waals surface area contributed by atoms with E-state index in [0.717, 1.165) is 19.4 Å². The summed E-state index contributed by atoms with van der Waals surface area (Å²) in [5, 5.41) is 14.9. The molecule has 1 aromatic heterocycles. The van der Waals surface area contributed by atoms with E-state index in [1.165, 1.54) is 16.9 Å². The van der Waals surface area contributed by atoms with Gasteiger partial charge in [0, 0.05) is 13.1 Å². The first-order valence-electron chi connectivity index (χ1n) is 6.69. The van der Waals surface area contributed by atoms with Crippen molar-refractivity contribution in [2.75, 3.05) is 18.4 Å². The highest BCUT2D eigenvalue weighted by molar-refractivity contribution is 7.17. The first kappa shape index (κ1) is 14.5. The van der Waals surface area contributed by atoms with Gasteiger partial charge in [-0.3, -0.25) is 4.79 Å². The van der Waals surface area contributed by atoms with E-state index in [2.05, 4.69) is 27.8 Å². The quantitative estimate of drug-likeness (QED) is 0.821. The maximum atomic E-state index is 11.9. The number of hydrogen-bond donors (Lipinski definition) is 2. The molecule has 0 fully saturated rings. The molecule has 0 unspecified atom stereocenters. The predicted octanol–water partition coefficient (Wildman–Crippen LogP) is 2.33. The van der Waals surface area contributed by atoms with Crippen LogP contribution >= 0.6 is 11.3 Å². The third-order valence-electron chi connectivity index (χ3n) is 2.69. The fourth-order valence-electron chi connectivity index (χ4n) is 1.66. The minimum atomic E-state index is -0.164. The van der Waals surface area contributed by atoms with Gasteiger partial charge in [-0.15, -0.1) is 10.2 Å². The summed E-state index contributed by atoms with van der Waals surface area (Å²) in [5.41, 5.74) is 1.20. The summed E-state index contributed by atoms with van der Waals surface area (Å²) in [6, 6.07) is 10.1. The van der Waals surface area contributed by atoms with E-state index < -0.39 is 0 Å². The predicted molar refractivity (Wildman–Crippen MR) is 81.2 cm³/mol. The minimum absolute atomic E-state index is 0.164. The molecular weight excluding hydrogens is 272 g/mol. The monoisotopic (exact) mass is 290 g/mol. The molecule has 0 bridgehead atoms. The number of hydrogen-bond acceptors (Lipinski definition) is 5. The molecule has 2 rings (SSSR count). The first-order valence-corrected chi connectivity index (χ1v) is 7.50. The molecular formula is C14H18N4OS. The van der Waals surface area contributed by atoms with Crippen LogP contribution in [0.2, 0.25) is 0 Å². The maximum absolute atomic E-state index is 11.9. The van der Waals surface area contributed by atoms with Crippen LogP contribution in [0.5, 0.6) is 0 Å². The van der Waals surface area contributed by atoms with Crippen molar-refractivity contribution in [3.05, 3.63) is 40.9 Å². The molecule has 2 aromatic rings. The summed E-state index contributed by atoms with van der Waals surface area (Å²) in [4.78, 5) is 11.9. The fourth-order valence-corrected chi connectivity index (χ4v) is 2.34. The van der Waals surface area contributed by atoms with Crippen LogP contribution in [0.4, 0.5) is 5.13 Å². The van der Waals surface area contributed by atoms with Crippen LogP contribution in [0.25, 0.3) is 0 Å². The number of aromatic nitrogens is 2. The van der Waals surface area contributed by atoms with Crippen molar-refractivity contribution in [3.8, 4) is 0 Å². The van der Waals surface area contributed by atoms with Crippen LogP contribution < -0.4 is 10.6 Å². The maximum Gasteiger partial charge on any atom is 0.282 e. The van der Waals surface area contributed by atoms with Crippen molar-refractivity contribution in [2.24, 2.45) is 0 Å². The Kier molecular flexibility index (Phi) is 5.49. The number of anilines is 1. The fraction of sp³-hybridized carbons (Fsp3) is 0.357. The number of nitrogens with one attached hydrogen (secondary N) is 2. The van der Waals surface area contributed by atoms with Crippen molar-refractivity contribution in [3.63, 3.8) is 0 Å². The van der Waals surface area contributed by atoms with E-state index >= 15 is 0 Å². The summed E-state index contributed by atoms with van der Waals surface area (Å²) in [6.07, 6.45) is 1.82. The Morgan fingerprint density at radius 1 is 1.20 bits per heavy atom. The highest BCUT2D eigenvalue weighted by Crippen LogP contribution is 2.14. The molecule has 0 radical (unpaired) electrons. The van der Waals surface area contributed by atoms with E-state index in [9.17, 15) is 4.79 Å². The standard InChI is InChI=1S/C14H18N4OS/c1-2-9-16-14-18-17-13(20-14)12(19)15-10-8-11-6-4-3-5-7-11/h3-7H,2,8-10H2,1H3,(H,15,19)(H,16,18). The third kappa shape index (κ3) is 4.31. The van der Waals surface area contributed by atoms with Crippen LogP contribution in [0.3, 0.4) is 0 Å². The normalized spacial score (nSPS) is 10.2. The second-order valence-corrected chi connectivity index (χ2v) is 5.31. The Hall–Kier alpha value is -1.95. The van der Waals surface area contributed by atoms with Gasteiger partial charge in [-0.25, -0.2) is 0 Å². The molecule has 0 aliphatic carbocycles. The van der Waals surface area contributed by atoms with Gasteiger partial charge in [0.05, 0.1) is 0 Å². The molecule has 0 aliphatic rings. The summed E-state index contributed by atoms with van der Waals surface area (Å²) in [5.74, 6) is -0.164.